The second-order valence-electron chi connectivity index (χ2n) is 4.46. The average molecular weight is 267 g/mol. The zero-order valence-electron chi connectivity index (χ0n) is 10.5. The number of hydrogen-bond acceptors (Lipinski definition) is 4. The highest BCUT2D eigenvalue weighted by atomic mass is 32.2. The first-order valence-electron chi connectivity index (χ1n) is 5.78. The van der Waals surface area contributed by atoms with E-state index in [4.69, 9.17) is 0 Å². The van der Waals surface area contributed by atoms with E-state index in [-0.39, 0.29) is 0 Å². The third kappa shape index (κ3) is 3.46. The van der Waals surface area contributed by atoms with Gasteiger partial charge in [0.1, 0.15) is 5.84 Å². The number of hydrogen-bond donors (Lipinski definition) is 2. The van der Waals surface area contributed by atoms with E-state index < -0.39 is 10.0 Å². The molecule has 98 valence electrons. The maximum atomic E-state index is 11.3. The molecule has 0 saturated carbocycles. The molecule has 1 aromatic carbocycles. The van der Waals surface area contributed by atoms with Crippen molar-refractivity contribution < 1.29 is 8.42 Å². The molecule has 0 amide bonds. The van der Waals surface area contributed by atoms with Crippen LogP contribution in [0.1, 0.15) is 11.1 Å². The van der Waals surface area contributed by atoms with Crippen LogP contribution in [-0.4, -0.2) is 33.6 Å². The molecule has 0 aliphatic carbocycles. The van der Waals surface area contributed by atoms with Crippen LogP contribution in [0.5, 0.6) is 0 Å². The fourth-order valence-corrected chi connectivity index (χ4v) is 2.47. The van der Waals surface area contributed by atoms with Crippen LogP contribution in [0.15, 0.2) is 23.2 Å². The van der Waals surface area contributed by atoms with E-state index in [0.717, 1.165) is 36.3 Å². The minimum absolute atomic E-state index is 0.633. The third-order valence-electron chi connectivity index (χ3n) is 2.71. The number of amidine groups is 1. The minimum atomic E-state index is -3.24. The Labute approximate surface area is 107 Å². The number of aryl methyl sites for hydroxylation is 1. The van der Waals surface area contributed by atoms with Gasteiger partial charge in [-0.25, -0.2) is 8.42 Å². The van der Waals surface area contributed by atoms with Crippen LogP contribution in [0, 0.1) is 6.92 Å². The Morgan fingerprint density at radius 3 is 2.83 bits per heavy atom. The predicted molar refractivity (Wildman–Crippen MR) is 73.7 cm³/mol. The fourth-order valence-electron chi connectivity index (χ4n) is 1.85. The van der Waals surface area contributed by atoms with Gasteiger partial charge in [-0.15, -0.1) is 0 Å². The van der Waals surface area contributed by atoms with Crippen LogP contribution in [0.4, 0.5) is 5.69 Å². The first kappa shape index (κ1) is 12.9. The molecule has 0 saturated heterocycles. The van der Waals surface area contributed by atoms with E-state index in [9.17, 15) is 8.42 Å². The summed E-state index contributed by atoms with van der Waals surface area (Å²) in [6, 6.07) is 5.77. The van der Waals surface area contributed by atoms with Crippen molar-refractivity contribution in [2.24, 2.45) is 4.99 Å². The van der Waals surface area contributed by atoms with Gasteiger partial charge in [0.2, 0.25) is 10.0 Å². The highest BCUT2D eigenvalue weighted by Crippen LogP contribution is 2.18. The van der Waals surface area contributed by atoms with Gasteiger partial charge < -0.3 is 5.32 Å². The Morgan fingerprint density at radius 2 is 2.22 bits per heavy atom. The van der Waals surface area contributed by atoms with E-state index in [1.165, 1.54) is 0 Å². The number of benzene rings is 1. The zero-order valence-corrected chi connectivity index (χ0v) is 11.3. The van der Waals surface area contributed by atoms with Gasteiger partial charge in [-0.1, -0.05) is 12.1 Å². The molecule has 2 N–H and O–H groups in total. The largest absolute Gasteiger partial charge is 0.372 e. The Bertz CT molecular complexity index is 579. The van der Waals surface area contributed by atoms with Gasteiger partial charge in [-0.3, -0.25) is 9.71 Å². The molecular formula is C12H17N3O2S. The van der Waals surface area contributed by atoms with Crippen molar-refractivity contribution in [2.75, 3.05) is 24.1 Å². The van der Waals surface area contributed by atoms with Crippen LogP contribution in [0.2, 0.25) is 0 Å². The number of nitrogens with zero attached hydrogens (tertiary/aromatic N) is 1. The minimum Gasteiger partial charge on any atom is -0.372 e. The standard InChI is InChI=1S/C12H17N3O2S/c1-9-3-4-10(8-12-13-5-6-14-12)7-11(9)15-18(2,16)17/h3-4,7,15H,5-6,8H2,1-2H3,(H,13,14). The molecule has 1 aromatic rings. The lowest BCUT2D eigenvalue weighted by Gasteiger charge is -2.10. The van der Waals surface area contributed by atoms with Crippen molar-refractivity contribution >= 4 is 21.5 Å². The molecule has 0 aromatic heterocycles. The van der Waals surface area contributed by atoms with E-state index in [1.54, 1.807) is 0 Å². The molecule has 18 heavy (non-hydrogen) atoms. The summed E-state index contributed by atoms with van der Waals surface area (Å²) in [6.45, 7) is 3.58. The summed E-state index contributed by atoms with van der Waals surface area (Å²) in [4.78, 5) is 4.32. The number of aliphatic imine (C=N–C) groups is 1. The normalized spacial score (nSPS) is 15.1. The number of rotatable bonds is 4. The second kappa shape index (κ2) is 4.97. The van der Waals surface area contributed by atoms with Crippen LogP contribution in [0.3, 0.4) is 0 Å². The fraction of sp³-hybridized carbons (Fsp3) is 0.417. The first-order chi connectivity index (χ1) is 8.44. The molecule has 1 aliphatic rings. The van der Waals surface area contributed by atoms with Crippen LogP contribution in [-0.2, 0) is 16.4 Å². The number of sulfonamides is 1. The molecule has 0 radical (unpaired) electrons. The van der Waals surface area contributed by atoms with Crippen molar-refractivity contribution in [3.63, 3.8) is 0 Å². The van der Waals surface area contributed by atoms with Crippen LogP contribution in [0.25, 0.3) is 0 Å². The predicted octanol–water partition coefficient (Wildman–Crippen LogP) is 0.911. The number of anilines is 1. The van der Waals surface area contributed by atoms with Gasteiger partial charge in [-0.2, -0.15) is 0 Å². The molecule has 0 fully saturated rings. The molecule has 6 heteroatoms. The smallest absolute Gasteiger partial charge is 0.229 e. The molecule has 1 aliphatic heterocycles. The molecule has 1 heterocycles. The SMILES string of the molecule is Cc1ccc(CC2=NCCN2)cc1NS(C)(=O)=O. The molecule has 0 spiro atoms. The van der Waals surface area contributed by atoms with Crippen molar-refractivity contribution in [3.8, 4) is 0 Å². The first-order valence-corrected chi connectivity index (χ1v) is 7.68. The molecule has 2 rings (SSSR count). The molecule has 5 nitrogen and oxygen atoms in total. The number of nitrogens with one attached hydrogen (secondary N) is 2. The Hall–Kier alpha value is -1.56. The van der Waals surface area contributed by atoms with Gasteiger partial charge >= 0.3 is 0 Å². The van der Waals surface area contributed by atoms with Crippen molar-refractivity contribution in [3.05, 3.63) is 29.3 Å². The summed E-state index contributed by atoms with van der Waals surface area (Å²) in [6.07, 6.45) is 1.86. The topological polar surface area (TPSA) is 70.6 Å². The van der Waals surface area contributed by atoms with Crippen LogP contribution >= 0.6 is 0 Å². The summed E-state index contributed by atoms with van der Waals surface area (Å²) >= 11 is 0. The summed E-state index contributed by atoms with van der Waals surface area (Å²) < 4.78 is 25.0. The molecule has 0 bridgehead atoms. The maximum Gasteiger partial charge on any atom is 0.229 e. The van der Waals surface area contributed by atoms with Crippen molar-refractivity contribution in [2.45, 2.75) is 13.3 Å². The van der Waals surface area contributed by atoms with Gasteiger partial charge in [0.05, 0.1) is 18.5 Å². The quantitative estimate of drug-likeness (QED) is 0.852. The molecular weight excluding hydrogens is 250 g/mol. The maximum absolute atomic E-state index is 11.3. The molecule has 0 unspecified atom stereocenters. The lowest BCUT2D eigenvalue weighted by atomic mass is 10.1. The van der Waals surface area contributed by atoms with Crippen molar-refractivity contribution in [1.82, 2.24) is 5.32 Å². The van der Waals surface area contributed by atoms with E-state index in [2.05, 4.69) is 15.0 Å². The zero-order chi connectivity index (χ0) is 13.2. The third-order valence-corrected chi connectivity index (χ3v) is 3.30. The highest BCUT2D eigenvalue weighted by molar-refractivity contribution is 7.92. The van der Waals surface area contributed by atoms with Gasteiger partial charge in [-0.05, 0) is 24.1 Å². The van der Waals surface area contributed by atoms with Gasteiger partial charge in [0.15, 0.2) is 0 Å². The van der Waals surface area contributed by atoms with Gasteiger partial charge in [0.25, 0.3) is 0 Å². The highest BCUT2D eigenvalue weighted by Gasteiger charge is 2.09. The van der Waals surface area contributed by atoms with E-state index >= 15 is 0 Å². The Balaban J connectivity index is 2.20. The summed E-state index contributed by atoms with van der Waals surface area (Å²) in [5.74, 6) is 0.962. The summed E-state index contributed by atoms with van der Waals surface area (Å²) in [5.41, 5.74) is 2.58. The summed E-state index contributed by atoms with van der Waals surface area (Å²) in [5, 5.41) is 3.20. The molecule has 0 atom stereocenters. The van der Waals surface area contributed by atoms with E-state index in [0.29, 0.717) is 12.1 Å². The summed E-state index contributed by atoms with van der Waals surface area (Å²) in [7, 11) is -3.24. The van der Waals surface area contributed by atoms with Crippen molar-refractivity contribution in [1.29, 1.82) is 0 Å². The van der Waals surface area contributed by atoms with E-state index in [1.807, 2.05) is 25.1 Å². The average Bonchev–Trinajstić information content (AvgIpc) is 2.74. The Kier molecular flexibility index (Phi) is 3.56. The lowest BCUT2D eigenvalue weighted by molar-refractivity contribution is 0.607. The monoisotopic (exact) mass is 267 g/mol. The van der Waals surface area contributed by atoms with Gasteiger partial charge in [0, 0.05) is 13.0 Å². The Morgan fingerprint density at radius 1 is 1.44 bits per heavy atom. The second-order valence-corrected chi connectivity index (χ2v) is 6.20. The lowest BCUT2D eigenvalue weighted by Crippen LogP contribution is -2.20. The van der Waals surface area contributed by atoms with Crippen LogP contribution < -0.4 is 10.0 Å².